The summed E-state index contributed by atoms with van der Waals surface area (Å²) in [6.07, 6.45) is -4.89. The predicted octanol–water partition coefficient (Wildman–Crippen LogP) is 5.42. The second-order valence-electron chi connectivity index (χ2n) is 9.69. The molecule has 0 aliphatic carbocycles. The molecule has 0 unspecified atom stereocenters. The number of benzene rings is 3. The maximum absolute atomic E-state index is 15.6. The molecule has 0 radical (unpaired) electrons. The van der Waals surface area contributed by atoms with Gasteiger partial charge in [0.05, 0.1) is 11.4 Å². The third-order valence-electron chi connectivity index (χ3n) is 6.78. The molecule has 39 heavy (non-hydrogen) atoms. The lowest BCUT2D eigenvalue weighted by molar-refractivity contribution is -0.141. The number of amides is 1. The van der Waals surface area contributed by atoms with Crippen LogP contribution in [0.1, 0.15) is 32.9 Å². The molecule has 10 heteroatoms. The Labute approximate surface area is 223 Å². The standard InChI is InChI=1S/C29H27F4N5O/c1-36(2)17-20-8-3-5-9-21(20)18-11-12-25(23(30)15-18)37-14-13-22-26(28(37)39)38(35-27(22)29(31,32)33)24-10-6-4-7-19(24)16-34/h3-12,15H,13-14,16-17,34H2,1-2H3. The van der Waals surface area contributed by atoms with Crippen LogP contribution in [0, 0.1) is 5.82 Å². The van der Waals surface area contributed by atoms with Gasteiger partial charge in [0.25, 0.3) is 5.91 Å². The quantitative estimate of drug-likeness (QED) is 0.334. The fourth-order valence-corrected chi connectivity index (χ4v) is 5.06. The van der Waals surface area contributed by atoms with Gasteiger partial charge in [0.2, 0.25) is 0 Å². The van der Waals surface area contributed by atoms with Crippen molar-refractivity contribution in [3.8, 4) is 16.8 Å². The van der Waals surface area contributed by atoms with E-state index in [9.17, 15) is 18.0 Å². The Kier molecular flexibility index (Phi) is 7.00. The summed E-state index contributed by atoms with van der Waals surface area (Å²) in [6.45, 7) is 0.574. The van der Waals surface area contributed by atoms with Crippen molar-refractivity contribution in [1.82, 2.24) is 14.7 Å². The van der Waals surface area contributed by atoms with E-state index in [2.05, 4.69) is 5.10 Å². The van der Waals surface area contributed by atoms with Crippen molar-refractivity contribution < 1.29 is 22.4 Å². The van der Waals surface area contributed by atoms with Gasteiger partial charge in [0.1, 0.15) is 11.5 Å². The van der Waals surface area contributed by atoms with Gasteiger partial charge in [-0.05, 0) is 61.0 Å². The SMILES string of the molecule is CN(C)Cc1ccccc1-c1ccc(N2CCc3c(C(F)(F)F)nn(-c4ccccc4CN)c3C2=O)c(F)c1. The van der Waals surface area contributed by atoms with E-state index in [0.29, 0.717) is 17.7 Å². The summed E-state index contributed by atoms with van der Waals surface area (Å²) in [5.74, 6) is -1.40. The molecule has 1 aliphatic rings. The molecule has 1 amide bonds. The topological polar surface area (TPSA) is 67.4 Å². The normalized spacial score (nSPS) is 13.7. The summed E-state index contributed by atoms with van der Waals surface area (Å²) in [5, 5.41) is 3.82. The van der Waals surface area contributed by atoms with E-state index in [-0.39, 0.29) is 42.1 Å². The van der Waals surface area contributed by atoms with Gasteiger partial charge >= 0.3 is 6.18 Å². The first kappa shape index (κ1) is 26.6. The van der Waals surface area contributed by atoms with Crippen molar-refractivity contribution >= 4 is 11.6 Å². The monoisotopic (exact) mass is 537 g/mol. The highest BCUT2D eigenvalue weighted by Gasteiger charge is 2.43. The molecule has 2 N–H and O–H groups in total. The number of hydrogen-bond acceptors (Lipinski definition) is 4. The van der Waals surface area contributed by atoms with Crippen molar-refractivity contribution in [2.75, 3.05) is 25.5 Å². The number of aromatic nitrogens is 2. The minimum atomic E-state index is -4.76. The minimum Gasteiger partial charge on any atom is -0.326 e. The third kappa shape index (κ3) is 4.93. The smallest absolute Gasteiger partial charge is 0.326 e. The molecule has 0 spiro atoms. The summed E-state index contributed by atoms with van der Waals surface area (Å²) in [7, 11) is 3.88. The van der Waals surface area contributed by atoms with Gasteiger partial charge in [0.15, 0.2) is 5.69 Å². The number of carbonyl (C=O) groups is 1. The summed E-state index contributed by atoms with van der Waals surface area (Å²) < 4.78 is 58.4. The first-order valence-corrected chi connectivity index (χ1v) is 12.4. The molecule has 0 atom stereocenters. The average Bonchev–Trinajstić information content (AvgIpc) is 3.30. The summed E-state index contributed by atoms with van der Waals surface area (Å²) in [5.41, 5.74) is 7.55. The molecule has 5 rings (SSSR count). The van der Waals surface area contributed by atoms with Crippen LogP contribution in [-0.4, -0.2) is 41.2 Å². The first-order chi connectivity index (χ1) is 18.6. The average molecular weight is 538 g/mol. The number of para-hydroxylation sites is 1. The number of nitrogens with two attached hydrogens (primary N) is 1. The molecule has 0 bridgehead atoms. The fraction of sp³-hybridized carbons (Fsp3) is 0.241. The van der Waals surface area contributed by atoms with Crippen molar-refractivity contribution in [1.29, 1.82) is 0 Å². The second kappa shape index (κ2) is 10.3. The predicted molar refractivity (Wildman–Crippen MR) is 141 cm³/mol. The molecular formula is C29H27F4N5O. The fourth-order valence-electron chi connectivity index (χ4n) is 5.06. The van der Waals surface area contributed by atoms with Gasteiger partial charge in [-0.1, -0.05) is 48.5 Å². The van der Waals surface area contributed by atoms with Crippen LogP contribution >= 0.6 is 0 Å². The van der Waals surface area contributed by atoms with E-state index < -0.39 is 23.6 Å². The summed E-state index contributed by atoms with van der Waals surface area (Å²) in [4.78, 5) is 16.9. The van der Waals surface area contributed by atoms with Gasteiger partial charge in [-0.3, -0.25) is 4.79 Å². The van der Waals surface area contributed by atoms with Crippen molar-refractivity contribution in [2.45, 2.75) is 25.7 Å². The molecule has 0 saturated carbocycles. The van der Waals surface area contributed by atoms with E-state index in [0.717, 1.165) is 15.8 Å². The van der Waals surface area contributed by atoms with Crippen LogP contribution in [-0.2, 0) is 25.7 Å². The van der Waals surface area contributed by atoms with Crippen molar-refractivity contribution in [2.24, 2.45) is 5.73 Å². The molecular weight excluding hydrogens is 510 g/mol. The highest BCUT2D eigenvalue weighted by Crippen LogP contribution is 2.38. The van der Waals surface area contributed by atoms with Gasteiger partial charge in [-0.25, -0.2) is 9.07 Å². The van der Waals surface area contributed by atoms with E-state index in [4.69, 9.17) is 5.73 Å². The van der Waals surface area contributed by atoms with Crippen LogP contribution < -0.4 is 10.6 Å². The third-order valence-corrected chi connectivity index (χ3v) is 6.78. The number of alkyl halides is 3. The summed E-state index contributed by atoms with van der Waals surface area (Å²) in [6, 6.07) is 18.8. The van der Waals surface area contributed by atoms with Crippen LogP contribution in [0.15, 0.2) is 66.7 Å². The van der Waals surface area contributed by atoms with Crippen LogP contribution in [0.4, 0.5) is 23.2 Å². The molecule has 2 heterocycles. The Morgan fingerprint density at radius 1 is 0.974 bits per heavy atom. The molecule has 6 nitrogen and oxygen atoms in total. The van der Waals surface area contributed by atoms with Crippen LogP contribution in [0.5, 0.6) is 0 Å². The van der Waals surface area contributed by atoms with E-state index in [1.807, 2.05) is 43.3 Å². The van der Waals surface area contributed by atoms with Crippen LogP contribution in [0.2, 0.25) is 0 Å². The highest BCUT2D eigenvalue weighted by atomic mass is 19.4. The minimum absolute atomic E-state index is 0.00657. The Balaban J connectivity index is 1.58. The van der Waals surface area contributed by atoms with Gasteiger partial charge < -0.3 is 15.5 Å². The number of nitrogens with zero attached hydrogens (tertiary/aromatic N) is 4. The lowest BCUT2D eigenvalue weighted by atomic mass is 9.98. The zero-order chi connectivity index (χ0) is 27.9. The zero-order valence-electron chi connectivity index (χ0n) is 21.5. The molecule has 4 aromatic rings. The van der Waals surface area contributed by atoms with Crippen LogP contribution in [0.25, 0.3) is 16.8 Å². The lowest BCUT2D eigenvalue weighted by Gasteiger charge is -2.28. The number of halogens is 4. The first-order valence-electron chi connectivity index (χ1n) is 12.4. The van der Waals surface area contributed by atoms with Gasteiger partial charge in [-0.15, -0.1) is 0 Å². The van der Waals surface area contributed by atoms with Crippen molar-refractivity contribution in [3.63, 3.8) is 0 Å². The maximum atomic E-state index is 15.6. The Hall–Kier alpha value is -4.02. The molecule has 1 aliphatic heterocycles. The largest absolute Gasteiger partial charge is 0.435 e. The number of fused-ring (bicyclic) bond motifs is 1. The molecule has 3 aromatic carbocycles. The van der Waals surface area contributed by atoms with Gasteiger partial charge in [-0.2, -0.15) is 18.3 Å². The Morgan fingerprint density at radius 2 is 1.67 bits per heavy atom. The summed E-state index contributed by atoms with van der Waals surface area (Å²) >= 11 is 0. The zero-order valence-corrected chi connectivity index (χ0v) is 21.5. The molecule has 202 valence electrons. The number of hydrogen-bond donors (Lipinski definition) is 1. The Bertz CT molecular complexity index is 1540. The second-order valence-corrected chi connectivity index (χ2v) is 9.69. The van der Waals surface area contributed by atoms with E-state index >= 15 is 4.39 Å². The number of rotatable bonds is 6. The maximum Gasteiger partial charge on any atom is 0.435 e. The Morgan fingerprint density at radius 3 is 2.33 bits per heavy atom. The highest BCUT2D eigenvalue weighted by molar-refractivity contribution is 6.08. The van der Waals surface area contributed by atoms with E-state index in [1.54, 1.807) is 30.3 Å². The number of carbonyl (C=O) groups excluding carboxylic acids is 1. The molecule has 0 saturated heterocycles. The van der Waals surface area contributed by atoms with Crippen LogP contribution in [0.3, 0.4) is 0 Å². The van der Waals surface area contributed by atoms with Crippen molar-refractivity contribution in [3.05, 3.63) is 101 Å². The van der Waals surface area contributed by atoms with E-state index in [1.165, 1.54) is 17.0 Å². The molecule has 0 fully saturated rings. The number of anilines is 1. The lowest BCUT2D eigenvalue weighted by Crippen LogP contribution is -2.39. The van der Waals surface area contributed by atoms with Gasteiger partial charge in [0, 0.05) is 25.2 Å². The molecule has 1 aromatic heterocycles.